The van der Waals surface area contributed by atoms with Crippen molar-refractivity contribution in [2.24, 2.45) is 0 Å². The van der Waals surface area contributed by atoms with E-state index in [4.69, 9.17) is 4.42 Å². The van der Waals surface area contributed by atoms with E-state index in [1.807, 2.05) is 38.1 Å². The standard InChI is InChI=1S/C15H17N5O2S/c1-9(14-16-18-19-17-14)8-20(3)15(21)13-7-6-12(23-13)11-5-4-10(2)22-11/h4-7,9H,8H2,1-3H3,(H,16,17,18,19)/t9-/m1/s1. The summed E-state index contributed by atoms with van der Waals surface area (Å²) in [5, 5.41) is 13.9. The number of nitrogens with one attached hydrogen (secondary N) is 1. The Morgan fingerprint density at radius 2 is 2.22 bits per heavy atom. The molecule has 3 aromatic rings. The fourth-order valence-corrected chi connectivity index (χ4v) is 3.26. The molecule has 0 fully saturated rings. The molecule has 0 aliphatic heterocycles. The zero-order valence-corrected chi connectivity index (χ0v) is 13.9. The summed E-state index contributed by atoms with van der Waals surface area (Å²) in [5.74, 6) is 2.22. The zero-order chi connectivity index (χ0) is 16.4. The van der Waals surface area contributed by atoms with Crippen LogP contribution in [-0.4, -0.2) is 45.0 Å². The number of likely N-dealkylation sites (N-methyl/N-ethyl adjacent to an activating group) is 1. The maximum absolute atomic E-state index is 12.5. The minimum Gasteiger partial charge on any atom is -0.461 e. The van der Waals surface area contributed by atoms with Crippen LogP contribution in [0.4, 0.5) is 0 Å². The molecule has 1 N–H and O–H groups in total. The normalized spacial score (nSPS) is 12.3. The first-order valence-corrected chi connectivity index (χ1v) is 8.01. The van der Waals surface area contributed by atoms with Crippen molar-refractivity contribution in [2.45, 2.75) is 19.8 Å². The van der Waals surface area contributed by atoms with Crippen LogP contribution in [-0.2, 0) is 0 Å². The van der Waals surface area contributed by atoms with Crippen molar-refractivity contribution in [3.8, 4) is 10.6 Å². The lowest BCUT2D eigenvalue weighted by Crippen LogP contribution is -2.30. The molecule has 0 radical (unpaired) electrons. The van der Waals surface area contributed by atoms with E-state index in [1.165, 1.54) is 11.3 Å². The van der Waals surface area contributed by atoms with E-state index in [2.05, 4.69) is 20.6 Å². The lowest BCUT2D eigenvalue weighted by atomic mass is 10.1. The lowest BCUT2D eigenvalue weighted by Gasteiger charge is -2.19. The lowest BCUT2D eigenvalue weighted by molar-refractivity contribution is 0.0792. The first kappa shape index (κ1) is 15.4. The molecule has 1 amide bonds. The minimum atomic E-state index is -0.0279. The van der Waals surface area contributed by atoms with Gasteiger partial charge in [-0.05, 0) is 31.2 Å². The molecule has 0 aliphatic rings. The Morgan fingerprint density at radius 3 is 2.87 bits per heavy atom. The molecule has 23 heavy (non-hydrogen) atoms. The number of thiophene rings is 1. The van der Waals surface area contributed by atoms with Crippen molar-refractivity contribution >= 4 is 17.2 Å². The molecule has 0 aromatic carbocycles. The number of tetrazole rings is 1. The van der Waals surface area contributed by atoms with Gasteiger partial charge in [-0.25, -0.2) is 0 Å². The maximum atomic E-state index is 12.5. The molecule has 0 saturated heterocycles. The Morgan fingerprint density at radius 1 is 1.39 bits per heavy atom. The second-order valence-electron chi connectivity index (χ2n) is 5.43. The highest BCUT2D eigenvalue weighted by atomic mass is 32.1. The summed E-state index contributed by atoms with van der Waals surface area (Å²) in [4.78, 5) is 15.8. The molecule has 0 saturated carbocycles. The third-order valence-corrected chi connectivity index (χ3v) is 4.58. The van der Waals surface area contributed by atoms with E-state index in [9.17, 15) is 4.79 Å². The van der Waals surface area contributed by atoms with Crippen molar-refractivity contribution in [2.75, 3.05) is 13.6 Å². The summed E-state index contributed by atoms with van der Waals surface area (Å²) < 4.78 is 5.60. The van der Waals surface area contributed by atoms with Crippen LogP contribution in [0.15, 0.2) is 28.7 Å². The second kappa shape index (κ2) is 6.33. The Bertz CT molecular complexity index is 793. The third-order valence-electron chi connectivity index (χ3n) is 3.50. The predicted octanol–water partition coefficient (Wildman–Crippen LogP) is 2.71. The summed E-state index contributed by atoms with van der Waals surface area (Å²) in [6.45, 7) is 4.38. The van der Waals surface area contributed by atoms with Crippen LogP contribution < -0.4 is 0 Å². The Kier molecular flexibility index (Phi) is 4.24. The van der Waals surface area contributed by atoms with Crippen LogP contribution in [0, 0.1) is 6.92 Å². The van der Waals surface area contributed by atoms with E-state index in [1.54, 1.807) is 11.9 Å². The summed E-state index contributed by atoms with van der Waals surface area (Å²) in [7, 11) is 1.77. The van der Waals surface area contributed by atoms with Crippen LogP contribution in [0.25, 0.3) is 10.6 Å². The average Bonchev–Trinajstić information content (AvgIpc) is 3.26. The van der Waals surface area contributed by atoms with Gasteiger partial charge in [0.05, 0.1) is 9.75 Å². The van der Waals surface area contributed by atoms with Gasteiger partial charge in [0, 0.05) is 19.5 Å². The summed E-state index contributed by atoms with van der Waals surface area (Å²) in [6.07, 6.45) is 0. The van der Waals surface area contributed by atoms with Crippen LogP contribution in [0.1, 0.15) is 34.1 Å². The van der Waals surface area contributed by atoms with Gasteiger partial charge < -0.3 is 9.32 Å². The number of carbonyl (C=O) groups is 1. The predicted molar refractivity (Wildman–Crippen MR) is 86.3 cm³/mol. The van der Waals surface area contributed by atoms with Crippen molar-refractivity contribution in [3.63, 3.8) is 0 Å². The molecule has 1 atom stereocenters. The zero-order valence-electron chi connectivity index (χ0n) is 13.1. The summed E-state index contributed by atoms with van der Waals surface area (Å²) >= 11 is 1.43. The topological polar surface area (TPSA) is 87.9 Å². The molecule has 0 aliphatic carbocycles. The van der Waals surface area contributed by atoms with Gasteiger partial charge in [-0.3, -0.25) is 4.79 Å². The third kappa shape index (κ3) is 3.31. The molecule has 3 rings (SSSR count). The van der Waals surface area contributed by atoms with Gasteiger partial charge in [-0.2, -0.15) is 5.21 Å². The van der Waals surface area contributed by atoms with Gasteiger partial charge in [0.15, 0.2) is 5.82 Å². The van der Waals surface area contributed by atoms with E-state index in [-0.39, 0.29) is 11.8 Å². The van der Waals surface area contributed by atoms with Gasteiger partial charge in [0.25, 0.3) is 5.91 Å². The quantitative estimate of drug-likeness (QED) is 0.776. The molecule has 120 valence electrons. The minimum absolute atomic E-state index is 0.00913. The summed E-state index contributed by atoms with van der Waals surface area (Å²) in [5.41, 5.74) is 0. The van der Waals surface area contributed by atoms with Gasteiger partial charge >= 0.3 is 0 Å². The number of amides is 1. The monoisotopic (exact) mass is 331 g/mol. The molecule has 0 bridgehead atoms. The fraction of sp³-hybridized carbons (Fsp3) is 0.333. The Balaban J connectivity index is 1.69. The number of rotatable bonds is 5. The largest absolute Gasteiger partial charge is 0.461 e. The number of hydrogen-bond donors (Lipinski definition) is 1. The number of hydrogen-bond acceptors (Lipinski definition) is 6. The van der Waals surface area contributed by atoms with E-state index >= 15 is 0 Å². The highest BCUT2D eigenvalue weighted by Gasteiger charge is 2.20. The van der Waals surface area contributed by atoms with Gasteiger partial charge in [0.2, 0.25) is 0 Å². The van der Waals surface area contributed by atoms with Gasteiger partial charge in [0.1, 0.15) is 11.5 Å². The molecule has 3 aromatic heterocycles. The number of aryl methyl sites for hydroxylation is 1. The molecule has 8 heteroatoms. The van der Waals surface area contributed by atoms with Crippen molar-refractivity contribution in [3.05, 3.63) is 40.7 Å². The average molecular weight is 331 g/mol. The van der Waals surface area contributed by atoms with Gasteiger partial charge in [-0.15, -0.1) is 21.5 Å². The van der Waals surface area contributed by atoms with E-state index < -0.39 is 0 Å². The number of furan rings is 1. The second-order valence-corrected chi connectivity index (χ2v) is 6.51. The molecular formula is C15H17N5O2S. The number of aromatic amines is 1. The number of H-pyrrole nitrogens is 1. The molecule has 7 nitrogen and oxygen atoms in total. The maximum Gasteiger partial charge on any atom is 0.263 e. The molecule has 3 heterocycles. The van der Waals surface area contributed by atoms with E-state index in [0.717, 1.165) is 16.4 Å². The van der Waals surface area contributed by atoms with E-state index in [0.29, 0.717) is 17.2 Å². The highest BCUT2D eigenvalue weighted by molar-refractivity contribution is 7.17. The fourth-order valence-electron chi connectivity index (χ4n) is 2.29. The van der Waals surface area contributed by atoms with Crippen LogP contribution in [0.5, 0.6) is 0 Å². The van der Waals surface area contributed by atoms with Crippen molar-refractivity contribution in [1.82, 2.24) is 25.5 Å². The van der Waals surface area contributed by atoms with Crippen molar-refractivity contribution in [1.29, 1.82) is 0 Å². The summed E-state index contributed by atoms with van der Waals surface area (Å²) in [6, 6.07) is 7.56. The van der Waals surface area contributed by atoms with Crippen molar-refractivity contribution < 1.29 is 9.21 Å². The number of nitrogens with zero attached hydrogens (tertiary/aromatic N) is 4. The molecular weight excluding hydrogens is 314 g/mol. The first-order valence-electron chi connectivity index (χ1n) is 7.20. The Labute approximate surface area is 137 Å². The van der Waals surface area contributed by atoms with Gasteiger partial charge in [-0.1, -0.05) is 12.1 Å². The van der Waals surface area contributed by atoms with Crippen LogP contribution in [0.3, 0.4) is 0 Å². The van der Waals surface area contributed by atoms with Crippen LogP contribution in [0.2, 0.25) is 0 Å². The smallest absolute Gasteiger partial charge is 0.263 e. The Hall–Kier alpha value is -2.48. The highest BCUT2D eigenvalue weighted by Crippen LogP contribution is 2.30. The first-order chi connectivity index (χ1) is 11.0. The number of carbonyl (C=O) groups excluding carboxylic acids is 1. The molecule has 0 spiro atoms. The van der Waals surface area contributed by atoms with Crippen LogP contribution >= 0.6 is 11.3 Å². The number of aromatic nitrogens is 4. The molecule has 0 unspecified atom stereocenters. The SMILES string of the molecule is Cc1ccc(-c2ccc(C(=O)N(C)C[C@@H](C)c3nn[nH]n3)s2)o1.